The number of aryl methyl sites for hydroxylation is 1. The number of ether oxygens (including phenoxy) is 1. The van der Waals surface area contributed by atoms with Crippen LogP contribution in [0, 0.1) is 18.8 Å². The molecule has 1 aromatic carbocycles. The maximum atomic E-state index is 12.2. The van der Waals surface area contributed by atoms with Crippen LogP contribution in [0.2, 0.25) is 0 Å². The minimum Gasteiger partial charge on any atom is -0.466 e. The molecule has 1 rings (SSSR count). The Morgan fingerprint density at radius 3 is 2.20 bits per heavy atom. The van der Waals surface area contributed by atoms with Crippen molar-refractivity contribution in [1.29, 1.82) is 0 Å². The molecule has 0 aliphatic rings. The van der Waals surface area contributed by atoms with Gasteiger partial charge in [-0.2, -0.15) is 0 Å². The highest BCUT2D eigenvalue weighted by Gasteiger charge is 2.44. The number of hydrogen-bond donors (Lipinski definition) is 1. The highest BCUT2D eigenvalue weighted by molar-refractivity contribution is 5.74. The fourth-order valence-corrected chi connectivity index (χ4v) is 2.70. The van der Waals surface area contributed by atoms with Gasteiger partial charge in [-0.25, -0.2) is 0 Å². The summed E-state index contributed by atoms with van der Waals surface area (Å²) in [5.74, 6) is -0.886. The van der Waals surface area contributed by atoms with Crippen LogP contribution in [-0.4, -0.2) is 17.7 Å². The first-order valence-electron chi connectivity index (χ1n) is 7.33. The van der Waals surface area contributed by atoms with Crippen LogP contribution in [0.5, 0.6) is 0 Å². The number of esters is 1. The molecule has 0 aromatic heterocycles. The Kier molecular flexibility index (Phi) is 5.75. The second kappa shape index (κ2) is 6.89. The molecule has 2 atom stereocenters. The van der Waals surface area contributed by atoms with Gasteiger partial charge >= 0.3 is 5.97 Å². The standard InChI is InChI=1S/C17H26O3/c1-6-17(19,14-10-8-13(5)9-11-14)15(12(3)4)16(18)20-7-2/h8-12,15,19H,6-7H2,1-5H3. The Morgan fingerprint density at radius 1 is 1.25 bits per heavy atom. The number of benzene rings is 1. The summed E-state index contributed by atoms with van der Waals surface area (Å²) in [6, 6.07) is 7.71. The lowest BCUT2D eigenvalue weighted by molar-refractivity contribution is -0.163. The third-order valence-electron chi connectivity index (χ3n) is 3.81. The minimum atomic E-state index is -1.19. The quantitative estimate of drug-likeness (QED) is 0.811. The van der Waals surface area contributed by atoms with Gasteiger partial charge < -0.3 is 9.84 Å². The van der Waals surface area contributed by atoms with Crippen molar-refractivity contribution in [2.75, 3.05) is 6.61 Å². The lowest BCUT2D eigenvalue weighted by Crippen LogP contribution is -2.43. The summed E-state index contributed by atoms with van der Waals surface area (Å²) in [6.45, 7) is 9.89. The van der Waals surface area contributed by atoms with E-state index in [0.29, 0.717) is 13.0 Å². The van der Waals surface area contributed by atoms with Crippen molar-refractivity contribution in [3.63, 3.8) is 0 Å². The zero-order chi connectivity index (χ0) is 15.3. The molecule has 1 N–H and O–H groups in total. The second-order valence-corrected chi connectivity index (χ2v) is 5.62. The Morgan fingerprint density at radius 2 is 1.80 bits per heavy atom. The fourth-order valence-electron chi connectivity index (χ4n) is 2.70. The Hall–Kier alpha value is -1.35. The molecule has 0 amide bonds. The summed E-state index contributed by atoms with van der Waals surface area (Å²) >= 11 is 0. The summed E-state index contributed by atoms with van der Waals surface area (Å²) < 4.78 is 5.16. The van der Waals surface area contributed by atoms with Gasteiger partial charge in [0.25, 0.3) is 0 Å². The SMILES string of the molecule is CCOC(=O)C(C(C)C)C(O)(CC)c1ccc(C)cc1. The molecule has 20 heavy (non-hydrogen) atoms. The number of hydrogen-bond acceptors (Lipinski definition) is 3. The summed E-state index contributed by atoms with van der Waals surface area (Å²) in [5, 5.41) is 11.1. The third-order valence-corrected chi connectivity index (χ3v) is 3.81. The molecule has 0 saturated carbocycles. The monoisotopic (exact) mass is 278 g/mol. The predicted octanol–water partition coefficient (Wildman–Crippen LogP) is 3.43. The molecule has 0 saturated heterocycles. The van der Waals surface area contributed by atoms with E-state index in [-0.39, 0.29) is 11.9 Å². The third kappa shape index (κ3) is 3.40. The van der Waals surface area contributed by atoms with E-state index >= 15 is 0 Å². The van der Waals surface area contributed by atoms with Crippen molar-refractivity contribution in [2.24, 2.45) is 11.8 Å². The van der Waals surface area contributed by atoms with Crippen molar-refractivity contribution >= 4 is 5.97 Å². The first-order chi connectivity index (χ1) is 9.36. The van der Waals surface area contributed by atoms with E-state index in [1.807, 2.05) is 52.0 Å². The Labute approximate surface area is 122 Å². The molecule has 0 radical (unpaired) electrons. The van der Waals surface area contributed by atoms with Crippen molar-refractivity contribution in [3.8, 4) is 0 Å². The molecule has 0 fully saturated rings. The van der Waals surface area contributed by atoms with E-state index < -0.39 is 11.5 Å². The molecule has 0 heterocycles. The molecule has 0 bridgehead atoms. The van der Waals surface area contributed by atoms with Crippen molar-refractivity contribution in [3.05, 3.63) is 35.4 Å². The van der Waals surface area contributed by atoms with E-state index in [1.54, 1.807) is 6.92 Å². The molecular formula is C17H26O3. The summed E-state index contributed by atoms with van der Waals surface area (Å²) in [4.78, 5) is 12.2. The lowest BCUT2D eigenvalue weighted by Gasteiger charge is -2.36. The maximum absolute atomic E-state index is 12.2. The molecular weight excluding hydrogens is 252 g/mol. The van der Waals surface area contributed by atoms with E-state index in [2.05, 4.69) is 0 Å². The topological polar surface area (TPSA) is 46.5 Å². The second-order valence-electron chi connectivity index (χ2n) is 5.62. The van der Waals surface area contributed by atoms with Crippen LogP contribution in [0.3, 0.4) is 0 Å². The average molecular weight is 278 g/mol. The van der Waals surface area contributed by atoms with Crippen LogP contribution in [0.25, 0.3) is 0 Å². The van der Waals surface area contributed by atoms with Crippen LogP contribution in [0.4, 0.5) is 0 Å². The van der Waals surface area contributed by atoms with Crippen LogP contribution in [0.1, 0.15) is 45.2 Å². The molecule has 0 aliphatic carbocycles. The van der Waals surface area contributed by atoms with Gasteiger partial charge in [0.15, 0.2) is 0 Å². The highest BCUT2D eigenvalue weighted by Crippen LogP contribution is 2.38. The molecule has 3 nitrogen and oxygen atoms in total. The number of rotatable bonds is 6. The maximum Gasteiger partial charge on any atom is 0.312 e. The van der Waals surface area contributed by atoms with Gasteiger partial charge in [-0.15, -0.1) is 0 Å². The van der Waals surface area contributed by atoms with Gasteiger partial charge in [-0.3, -0.25) is 4.79 Å². The summed E-state index contributed by atoms with van der Waals surface area (Å²) in [7, 11) is 0. The van der Waals surface area contributed by atoms with Crippen LogP contribution in [-0.2, 0) is 15.1 Å². The van der Waals surface area contributed by atoms with Gasteiger partial charge in [0.05, 0.1) is 12.5 Å². The van der Waals surface area contributed by atoms with Crippen LogP contribution in [0.15, 0.2) is 24.3 Å². The zero-order valence-corrected chi connectivity index (χ0v) is 13.1. The summed E-state index contributed by atoms with van der Waals surface area (Å²) in [6.07, 6.45) is 0.470. The first kappa shape index (κ1) is 16.7. The normalized spacial score (nSPS) is 15.8. The molecule has 0 aliphatic heterocycles. The van der Waals surface area contributed by atoms with Crippen molar-refractivity contribution < 1.29 is 14.6 Å². The molecule has 1 aromatic rings. The lowest BCUT2D eigenvalue weighted by atomic mass is 9.73. The van der Waals surface area contributed by atoms with E-state index in [0.717, 1.165) is 11.1 Å². The predicted molar refractivity (Wildman–Crippen MR) is 80.3 cm³/mol. The molecule has 112 valence electrons. The van der Waals surface area contributed by atoms with Crippen molar-refractivity contribution in [1.82, 2.24) is 0 Å². The van der Waals surface area contributed by atoms with Crippen molar-refractivity contribution in [2.45, 2.75) is 46.6 Å². The minimum absolute atomic E-state index is 0.000281. The van der Waals surface area contributed by atoms with Crippen LogP contribution < -0.4 is 0 Å². The first-order valence-corrected chi connectivity index (χ1v) is 7.33. The highest BCUT2D eigenvalue weighted by atomic mass is 16.5. The van der Waals surface area contributed by atoms with Gasteiger partial charge in [-0.05, 0) is 31.7 Å². The fraction of sp³-hybridized carbons (Fsp3) is 0.588. The number of carbonyl (C=O) groups excluding carboxylic acids is 1. The largest absolute Gasteiger partial charge is 0.466 e. The van der Waals surface area contributed by atoms with Gasteiger partial charge in [0.1, 0.15) is 5.60 Å². The zero-order valence-electron chi connectivity index (χ0n) is 13.1. The molecule has 3 heteroatoms. The molecule has 2 unspecified atom stereocenters. The Bertz CT molecular complexity index is 436. The van der Waals surface area contributed by atoms with Crippen LogP contribution >= 0.6 is 0 Å². The smallest absolute Gasteiger partial charge is 0.312 e. The van der Waals surface area contributed by atoms with Gasteiger partial charge in [0.2, 0.25) is 0 Å². The number of aliphatic hydroxyl groups is 1. The summed E-state index contributed by atoms with van der Waals surface area (Å²) in [5.41, 5.74) is 0.718. The average Bonchev–Trinajstić information content (AvgIpc) is 2.39. The van der Waals surface area contributed by atoms with E-state index in [1.165, 1.54) is 0 Å². The van der Waals surface area contributed by atoms with Gasteiger partial charge in [-0.1, -0.05) is 50.6 Å². The van der Waals surface area contributed by atoms with Gasteiger partial charge in [0, 0.05) is 0 Å². The van der Waals surface area contributed by atoms with E-state index in [9.17, 15) is 9.90 Å². The van der Waals surface area contributed by atoms with E-state index in [4.69, 9.17) is 4.74 Å². The number of carbonyl (C=O) groups is 1. The Balaban J connectivity index is 3.23. The molecule has 0 spiro atoms.